The quantitative estimate of drug-likeness (QED) is 0.694. The van der Waals surface area contributed by atoms with E-state index in [1.54, 1.807) is 62.6 Å². The molecule has 1 unspecified atom stereocenters. The van der Waals surface area contributed by atoms with Crippen molar-refractivity contribution in [3.63, 3.8) is 0 Å². The number of ether oxygens (including phenoxy) is 1. The molecule has 146 valence electrons. The smallest absolute Gasteiger partial charge is 0.365 e. The van der Waals surface area contributed by atoms with E-state index in [0.29, 0.717) is 34.7 Å². The van der Waals surface area contributed by atoms with Crippen LogP contribution in [0.5, 0.6) is 5.75 Å². The summed E-state index contributed by atoms with van der Waals surface area (Å²) in [6.45, 7) is 1.78. The zero-order valence-corrected chi connectivity index (χ0v) is 16.0. The van der Waals surface area contributed by atoms with Gasteiger partial charge in [-0.2, -0.15) is 15.3 Å². The third-order valence-corrected chi connectivity index (χ3v) is 4.35. The van der Waals surface area contributed by atoms with E-state index in [9.17, 15) is 9.59 Å². The van der Waals surface area contributed by atoms with Crippen LogP contribution in [0.25, 0.3) is 11.3 Å². The number of hydrogen-bond acceptors (Lipinski definition) is 6. The highest BCUT2D eigenvalue weighted by atomic mass is 16.5. The molecule has 0 aliphatic heterocycles. The number of hydrogen-bond donors (Lipinski definition) is 1. The minimum Gasteiger partial charge on any atom is -0.497 e. The summed E-state index contributed by atoms with van der Waals surface area (Å²) >= 11 is 0. The van der Waals surface area contributed by atoms with Gasteiger partial charge in [0.1, 0.15) is 11.8 Å². The second-order valence-corrected chi connectivity index (χ2v) is 6.20. The number of methoxy groups -OCH3 is 1. The van der Waals surface area contributed by atoms with Crippen molar-refractivity contribution in [3.8, 4) is 23.1 Å². The molecule has 0 aliphatic rings. The molecular weight excluding hydrogens is 370 g/mol. The molecule has 0 saturated carbocycles. The predicted octanol–water partition coefficient (Wildman–Crippen LogP) is 2.78. The van der Waals surface area contributed by atoms with E-state index in [1.807, 2.05) is 6.07 Å². The van der Waals surface area contributed by atoms with E-state index in [4.69, 9.17) is 10.00 Å². The summed E-state index contributed by atoms with van der Waals surface area (Å²) in [7, 11) is 1.57. The average Bonchev–Trinajstić information content (AvgIpc) is 2.75. The molecule has 2 aromatic carbocycles. The van der Waals surface area contributed by atoms with Crippen molar-refractivity contribution in [2.45, 2.75) is 19.4 Å². The predicted molar refractivity (Wildman–Crippen MR) is 107 cm³/mol. The Morgan fingerprint density at radius 1 is 1.28 bits per heavy atom. The van der Waals surface area contributed by atoms with E-state index in [1.165, 1.54) is 6.20 Å². The highest BCUT2D eigenvalue weighted by molar-refractivity contribution is 5.93. The van der Waals surface area contributed by atoms with Crippen molar-refractivity contribution < 1.29 is 9.53 Å². The Labute approximate surface area is 167 Å². The van der Waals surface area contributed by atoms with Crippen LogP contribution >= 0.6 is 0 Å². The van der Waals surface area contributed by atoms with Gasteiger partial charge in [-0.25, -0.2) is 9.48 Å². The third kappa shape index (κ3) is 4.47. The Morgan fingerprint density at radius 2 is 2.03 bits per heavy atom. The molecule has 0 aliphatic carbocycles. The molecule has 3 aromatic rings. The molecule has 1 amide bonds. The van der Waals surface area contributed by atoms with Crippen LogP contribution in [-0.4, -0.2) is 27.8 Å². The Balaban J connectivity index is 1.84. The second kappa shape index (κ2) is 8.80. The van der Waals surface area contributed by atoms with E-state index in [-0.39, 0.29) is 0 Å². The van der Waals surface area contributed by atoms with Crippen molar-refractivity contribution in [3.05, 3.63) is 70.8 Å². The minimum absolute atomic E-state index is 0.347. The van der Waals surface area contributed by atoms with E-state index in [2.05, 4.69) is 15.4 Å². The van der Waals surface area contributed by atoms with Crippen LogP contribution < -0.4 is 15.7 Å². The standard InChI is InChI=1S/C21H19N5O3/c1-3-19(20(27)24-16-6-4-5-14(11-16)12-22)26-21(28)25-18(13-23-26)15-7-9-17(29-2)10-8-15/h4-11,13,19H,3H2,1-2H3,(H,24,27). The summed E-state index contributed by atoms with van der Waals surface area (Å²) in [6, 6.07) is 14.8. The number of nitriles is 1. The van der Waals surface area contributed by atoms with Crippen molar-refractivity contribution >= 4 is 11.6 Å². The van der Waals surface area contributed by atoms with Crippen LogP contribution in [0, 0.1) is 11.3 Å². The first-order valence-electron chi connectivity index (χ1n) is 8.97. The maximum Gasteiger partial charge on any atom is 0.365 e. The maximum absolute atomic E-state index is 12.7. The molecule has 1 atom stereocenters. The fourth-order valence-electron chi connectivity index (χ4n) is 2.83. The Hall–Kier alpha value is -3.99. The fraction of sp³-hybridized carbons (Fsp3) is 0.190. The van der Waals surface area contributed by atoms with E-state index >= 15 is 0 Å². The summed E-state index contributed by atoms with van der Waals surface area (Å²) < 4.78 is 6.19. The van der Waals surface area contributed by atoms with Gasteiger partial charge in [-0.3, -0.25) is 4.79 Å². The lowest BCUT2D eigenvalue weighted by Crippen LogP contribution is -2.36. The number of rotatable bonds is 6. The van der Waals surface area contributed by atoms with Gasteiger partial charge in [0.2, 0.25) is 5.91 Å². The summed E-state index contributed by atoms with van der Waals surface area (Å²) in [5, 5.41) is 15.9. The van der Waals surface area contributed by atoms with Crippen molar-refractivity contribution in [2.75, 3.05) is 12.4 Å². The minimum atomic E-state index is -0.828. The molecule has 0 fully saturated rings. The normalized spacial score (nSPS) is 11.3. The van der Waals surface area contributed by atoms with Crippen molar-refractivity contribution in [1.82, 2.24) is 14.8 Å². The number of nitrogens with one attached hydrogen (secondary N) is 1. The zero-order valence-electron chi connectivity index (χ0n) is 16.0. The first kappa shape index (κ1) is 19.8. The topological polar surface area (TPSA) is 110 Å². The SMILES string of the molecule is CCC(C(=O)Nc1cccc(C#N)c1)n1ncc(-c2ccc(OC)cc2)nc1=O. The molecule has 0 saturated heterocycles. The summed E-state index contributed by atoms with van der Waals surface area (Å²) in [4.78, 5) is 29.3. The van der Waals surface area contributed by atoms with Crippen LogP contribution in [-0.2, 0) is 4.79 Å². The number of anilines is 1. The van der Waals surface area contributed by atoms with Gasteiger partial charge in [0.05, 0.1) is 30.6 Å². The van der Waals surface area contributed by atoms with Gasteiger partial charge >= 0.3 is 5.69 Å². The van der Waals surface area contributed by atoms with Gasteiger partial charge in [0.25, 0.3) is 0 Å². The number of nitrogens with zero attached hydrogens (tertiary/aromatic N) is 4. The fourth-order valence-corrected chi connectivity index (χ4v) is 2.83. The number of aromatic nitrogens is 3. The van der Waals surface area contributed by atoms with Gasteiger partial charge in [0, 0.05) is 11.3 Å². The highest BCUT2D eigenvalue weighted by Crippen LogP contribution is 2.20. The number of amides is 1. The largest absolute Gasteiger partial charge is 0.497 e. The van der Waals surface area contributed by atoms with Crippen LogP contribution in [0.4, 0.5) is 5.69 Å². The lowest BCUT2D eigenvalue weighted by molar-refractivity contribution is -0.119. The van der Waals surface area contributed by atoms with E-state index < -0.39 is 17.6 Å². The zero-order chi connectivity index (χ0) is 20.8. The Bertz CT molecular complexity index is 1120. The third-order valence-electron chi connectivity index (χ3n) is 4.35. The first-order valence-corrected chi connectivity index (χ1v) is 8.97. The maximum atomic E-state index is 12.7. The average molecular weight is 389 g/mol. The molecule has 0 bridgehead atoms. The molecule has 1 heterocycles. The van der Waals surface area contributed by atoms with Crippen molar-refractivity contribution in [1.29, 1.82) is 5.26 Å². The van der Waals surface area contributed by atoms with E-state index in [0.717, 1.165) is 4.68 Å². The van der Waals surface area contributed by atoms with Gasteiger partial charge in [0.15, 0.2) is 0 Å². The molecule has 8 heteroatoms. The molecule has 3 rings (SSSR count). The van der Waals surface area contributed by atoms with Gasteiger partial charge in [-0.05, 0) is 48.9 Å². The highest BCUT2D eigenvalue weighted by Gasteiger charge is 2.22. The molecule has 1 aromatic heterocycles. The molecule has 0 radical (unpaired) electrons. The molecule has 8 nitrogen and oxygen atoms in total. The van der Waals surface area contributed by atoms with Crippen molar-refractivity contribution in [2.24, 2.45) is 0 Å². The summed E-state index contributed by atoms with van der Waals surface area (Å²) in [5.41, 5.74) is 1.41. The number of carbonyl (C=O) groups is 1. The monoisotopic (exact) mass is 389 g/mol. The van der Waals surface area contributed by atoms with Gasteiger partial charge < -0.3 is 10.1 Å². The molecule has 0 spiro atoms. The molecule has 1 N–H and O–H groups in total. The summed E-state index contributed by atoms with van der Waals surface area (Å²) in [6.07, 6.45) is 1.80. The molecular formula is C21H19N5O3. The van der Waals surface area contributed by atoms with Crippen LogP contribution in [0.3, 0.4) is 0 Å². The van der Waals surface area contributed by atoms with Gasteiger partial charge in [-0.1, -0.05) is 13.0 Å². The number of carbonyl (C=O) groups excluding carboxylic acids is 1. The summed E-state index contributed by atoms with van der Waals surface area (Å²) in [5.74, 6) is 0.287. The lowest BCUT2D eigenvalue weighted by atomic mass is 10.1. The Kier molecular flexibility index (Phi) is 6.00. The van der Waals surface area contributed by atoms with Crippen LogP contribution in [0.2, 0.25) is 0 Å². The Morgan fingerprint density at radius 3 is 2.66 bits per heavy atom. The first-order chi connectivity index (χ1) is 14.0. The second-order valence-electron chi connectivity index (χ2n) is 6.20. The van der Waals surface area contributed by atoms with Crippen LogP contribution in [0.15, 0.2) is 59.5 Å². The molecule has 29 heavy (non-hydrogen) atoms. The lowest BCUT2D eigenvalue weighted by Gasteiger charge is -2.16. The van der Waals surface area contributed by atoms with Gasteiger partial charge in [-0.15, -0.1) is 0 Å². The number of benzene rings is 2. The van der Waals surface area contributed by atoms with Crippen LogP contribution in [0.1, 0.15) is 24.9 Å².